The van der Waals surface area contributed by atoms with Crippen LogP contribution in [0.1, 0.15) is 27.9 Å². The summed E-state index contributed by atoms with van der Waals surface area (Å²) in [6, 6.07) is 13.5. The van der Waals surface area contributed by atoms with Crippen LogP contribution in [0.2, 0.25) is 0 Å². The third kappa shape index (κ3) is 4.08. The van der Waals surface area contributed by atoms with Gasteiger partial charge in [-0.2, -0.15) is 0 Å². The second-order valence-electron chi connectivity index (χ2n) is 5.65. The van der Waals surface area contributed by atoms with Crippen LogP contribution in [0, 0.1) is 12.7 Å². The van der Waals surface area contributed by atoms with Gasteiger partial charge in [-0.15, -0.1) is 11.3 Å². The first-order valence-electron chi connectivity index (χ1n) is 8.30. The minimum atomic E-state index is -0.300. The summed E-state index contributed by atoms with van der Waals surface area (Å²) in [6.45, 7) is 4.71. The van der Waals surface area contributed by atoms with Crippen LogP contribution in [0.4, 0.5) is 4.39 Å². The van der Waals surface area contributed by atoms with E-state index >= 15 is 0 Å². The molecule has 0 saturated carbocycles. The summed E-state index contributed by atoms with van der Waals surface area (Å²) >= 11 is 1.39. The molecule has 0 spiro atoms. The molecule has 0 aliphatic heterocycles. The van der Waals surface area contributed by atoms with Crippen molar-refractivity contribution in [2.75, 3.05) is 6.61 Å². The monoisotopic (exact) mass is 370 g/mol. The van der Waals surface area contributed by atoms with Crippen molar-refractivity contribution >= 4 is 17.2 Å². The quantitative estimate of drug-likeness (QED) is 0.691. The Labute approximate surface area is 155 Å². The van der Waals surface area contributed by atoms with Crippen molar-refractivity contribution in [3.05, 3.63) is 70.5 Å². The number of aryl methyl sites for hydroxylation is 1. The van der Waals surface area contributed by atoms with Crippen molar-refractivity contribution in [1.82, 2.24) is 10.3 Å². The predicted molar refractivity (Wildman–Crippen MR) is 101 cm³/mol. The summed E-state index contributed by atoms with van der Waals surface area (Å²) in [5.41, 5.74) is 1.83. The first-order valence-corrected chi connectivity index (χ1v) is 9.12. The molecule has 0 bridgehead atoms. The zero-order chi connectivity index (χ0) is 18.5. The van der Waals surface area contributed by atoms with Crippen molar-refractivity contribution in [3.63, 3.8) is 0 Å². The lowest BCUT2D eigenvalue weighted by Crippen LogP contribution is -2.22. The molecule has 0 aliphatic carbocycles. The summed E-state index contributed by atoms with van der Waals surface area (Å²) in [5.74, 6) is 0.261. The van der Waals surface area contributed by atoms with Gasteiger partial charge in [0.25, 0.3) is 5.91 Å². The third-order valence-electron chi connectivity index (χ3n) is 3.83. The highest BCUT2D eigenvalue weighted by molar-refractivity contribution is 7.15. The van der Waals surface area contributed by atoms with Gasteiger partial charge in [0.05, 0.1) is 18.8 Å². The number of aromatic nitrogens is 1. The Balaban J connectivity index is 1.68. The van der Waals surface area contributed by atoms with E-state index in [1.165, 1.54) is 17.4 Å². The van der Waals surface area contributed by atoms with Gasteiger partial charge < -0.3 is 10.1 Å². The van der Waals surface area contributed by atoms with Crippen LogP contribution < -0.4 is 10.1 Å². The Hall–Kier alpha value is -2.73. The molecule has 0 radical (unpaired) electrons. The van der Waals surface area contributed by atoms with Crippen LogP contribution in [0.3, 0.4) is 0 Å². The Kier molecular flexibility index (Phi) is 5.63. The van der Waals surface area contributed by atoms with Crippen LogP contribution in [0.5, 0.6) is 5.75 Å². The predicted octanol–water partition coefficient (Wildman–Crippen LogP) is 4.59. The topological polar surface area (TPSA) is 51.2 Å². The van der Waals surface area contributed by atoms with E-state index in [0.717, 1.165) is 16.3 Å². The van der Waals surface area contributed by atoms with Gasteiger partial charge in [-0.05, 0) is 50.2 Å². The van der Waals surface area contributed by atoms with E-state index < -0.39 is 0 Å². The zero-order valence-electron chi connectivity index (χ0n) is 14.6. The van der Waals surface area contributed by atoms with Crippen molar-refractivity contribution in [3.8, 4) is 16.3 Å². The third-order valence-corrected chi connectivity index (χ3v) is 5.02. The number of nitrogens with one attached hydrogen (secondary N) is 1. The average molecular weight is 370 g/mol. The maximum absolute atomic E-state index is 13.9. The molecule has 0 atom stereocenters. The molecule has 3 rings (SSSR count). The van der Waals surface area contributed by atoms with Gasteiger partial charge in [-0.3, -0.25) is 4.79 Å². The van der Waals surface area contributed by atoms with Gasteiger partial charge in [0, 0.05) is 16.0 Å². The molecule has 1 amide bonds. The molecule has 26 heavy (non-hydrogen) atoms. The minimum Gasteiger partial charge on any atom is -0.494 e. The van der Waals surface area contributed by atoms with E-state index in [2.05, 4.69) is 10.3 Å². The molecule has 1 aromatic heterocycles. The Morgan fingerprint density at radius 1 is 1.19 bits per heavy atom. The fourth-order valence-electron chi connectivity index (χ4n) is 2.47. The SMILES string of the molecule is CCOc1ccc(C(=O)NCc2sc(-c3ccccc3F)nc2C)cc1. The van der Waals surface area contributed by atoms with Crippen LogP contribution in [0.25, 0.3) is 10.6 Å². The number of ether oxygens (including phenoxy) is 1. The lowest BCUT2D eigenvalue weighted by molar-refractivity contribution is 0.0951. The van der Waals surface area contributed by atoms with Crippen LogP contribution >= 0.6 is 11.3 Å². The summed E-state index contributed by atoms with van der Waals surface area (Å²) in [4.78, 5) is 17.6. The van der Waals surface area contributed by atoms with E-state index in [1.807, 2.05) is 13.8 Å². The van der Waals surface area contributed by atoms with E-state index in [-0.39, 0.29) is 11.7 Å². The van der Waals surface area contributed by atoms with Crippen molar-refractivity contribution in [2.45, 2.75) is 20.4 Å². The Bertz CT molecular complexity index is 906. The molecule has 3 aromatic rings. The second kappa shape index (κ2) is 8.10. The van der Waals surface area contributed by atoms with E-state index in [4.69, 9.17) is 4.74 Å². The molecule has 0 unspecified atom stereocenters. The van der Waals surface area contributed by atoms with Gasteiger partial charge in [-0.25, -0.2) is 9.37 Å². The van der Waals surface area contributed by atoms with Gasteiger partial charge in [0.15, 0.2) is 0 Å². The molecule has 0 aliphatic rings. The normalized spacial score (nSPS) is 10.6. The van der Waals surface area contributed by atoms with Crippen LogP contribution in [-0.2, 0) is 6.54 Å². The fraction of sp³-hybridized carbons (Fsp3) is 0.200. The number of thiazole rings is 1. The Morgan fingerprint density at radius 2 is 1.92 bits per heavy atom. The van der Waals surface area contributed by atoms with Crippen molar-refractivity contribution in [1.29, 1.82) is 0 Å². The molecule has 0 fully saturated rings. The lowest BCUT2D eigenvalue weighted by Gasteiger charge is -2.06. The smallest absolute Gasteiger partial charge is 0.251 e. The molecule has 2 aromatic carbocycles. The minimum absolute atomic E-state index is 0.173. The number of rotatable bonds is 6. The van der Waals surface area contributed by atoms with Gasteiger partial charge in [0.1, 0.15) is 16.6 Å². The Morgan fingerprint density at radius 3 is 2.62 bits per heavy atom. The zero-order valence-corrected chi connectivity index (χ0v) is 15.4. The first-order chi connectivity index (χ1) is 12.6. The maximum atomic E-state index is 13.9. The molecule has 1 heterocycles. The molecule has 6 heteroatoms. The number of carbonyl (C=O) groups is 1. The van der Waals surface area contributed by atoms with Gasteiger partial charge in [0.2, 0.25) is 0 Å². The van der Waals surface area contributed by atoms with Crippen molar-refractivity contribution in [2.24, 2.45) is 0 Å². The largest absolute Gasteiger partial charge is 0.494 e. The van der Waals surface area contributed by atoms with E-state index in [1.54, 1.807) is 42.5 Å². The number of amides is 1. The number of hydrogen-bond acceptors (Lipinski definition) is 4. The molecule has 4 nitrogen and oxygen atoms in total. The number of nitrogens with zero attached hydrogens (tertiary/aromatic N) is 1. The summed E-state index contributed by atoms with van der Waals surface area (Å²) in [5, 5.41) is 3.50. The van der Waals surface area contributed by atoms with Crippen LogP contribution in [-0.4, -0.2) is 17.5 Å². The average Bonchev–Trinajstić information content (AvgIpc) is 3.01. The molecule has 0 saturated heterocycles. The van der Waals surface area contributed by atoms with Crippen LogP contribution in [0.15, 0.2) is 48.5 Å². The summed E-state index contributed by atoms with van der Waals surface area (Å²) in [7, 11) is 0. The summed E-state index contributed by atoms with van der Waals surface area (Å²) < 4.78 is 19.3. The lowest BCUT2D eigenvalue weighted by atomic mass is 10.2. The maximum Gasteiger partial charge on any atom is 0.251 e. The first kappa shape index (κ1) is 18.1. The number of halogens is 1. The highest BCUT2D eigenvalue weighted by atomic mass is 32.1. The van der Waals surface area contributed by atoms with Gasteiger partial charge in [-0.1, -0.05) is 12.1 Å². The molecule has 1 N–H and O–H groups in total. The summed E-state index contributed by atoms with van der Waals surface area (Å²) in [6.07, 6.45) is 0. The second-order valence-corrected chi connectivity index (χ2v) is 6.73. The molecular formula is C20H19FN2O2S. The van der Waals surface area contributed by atoms with E-state index in [0.29, 0.717) is 29.3 Å². The highest BCUT2D eigenvalue weighted by Gasteiger charge is 2.14. The fourth-order valence-corrected chi connectivity index (χ4v) is 3.50. The highest BCUT2D eigenvalue weighted by Crippen LogP contribution is 2.29. The molecule has 134 valence electrons. The van der Waals surface area contributed by atoms with Gasteiger partial charge >= 0.3 is 0 Å². The number of carbonyl (C=O) groups excluding carboxylic acids is 1. The van der Waals surface area contributed by atoms with E-state index in [9.17, 15) is 9.18 Å². The number of hydrogen-bond donors (Lipinski definition) is 1. The molecular weight excluding hydrogens is 351 g/mol. The standard InChI is InChI=1S/C20H19FN2O2S/c1-3-25-15-10-8-14(9-11-15)19(24)22-12-18-13(2)23-20(26-18)16-6-4-5-7-17(16)21/h4-11H,3,12H2,1-2H3,(H,22,24). The number of benzene rings is 2. The van der Waals surface area contributed by atoms with Crippen molar-refractivity contribution < 1.29 is 13.9 Å².